The first-order chi connectivity index (χ1) is 7.83. The summed E-state index contributed by atoms with van der Waals surface area (Å²) in [6.07, 6.45) is 15.9. The van der Waals surface area contributed by atoms with Crippen LogP contribution in [0.5, 0.6) is 0 Å². The third-order valence-corrected chi connectivity index (χ3v) is 4.56. The number of hydrogen-bond donors (Lipinski definition) is 0. The molecule has 90 valence electrons. The lowest BCUT2D eigenvalue weighted by molar-refractivity contribution is 0.273. The molecule has 2 aliphatic carbocycles. The van der Waals surface area contributed by atoms with E-state index in [2.05, 4.69) is 26.0 Å². The maximum atomic E-state index is 2.50. The summed E-state index contributed by atoms with van der Waals surface area (Å²) in [6, 6.07) is 0. The Labute approximate surface area is 101 Å². The molecule has 0 nitrogen and oxygen atoms in total. The Balaban J connectivity index is 1.94. The first kappa shape index (κ1) is 12.0. The normalized spacial score (nSPS) is 30.9. The van der Waals surface area contributed by atoms with Gasteiger partial charge in [-0.1, -0.05) is 37.1 Å². The number of allylic oxidation sites excluding steroid dienone is 4. The highest BCUT2D eigenvalue weighted by atomic mass is 14.3. The van der Waals surface area contributed by atoms with Gasteiger partial charge in [0, 0.05) is 0 Å². The zero-order valence-electron chi connectivity index (χ0n) is 11.0. The fraction of sp³-hybridized carbons (Fsp3) is 0.750. The second kappa shape index (κ2) is 5.70. The number of rotatable bonds is 3. The van der Waals surface area contributed by atoms with Gasteiger partial charge < -0.3 is 0 Å². The van der Waals surface area contributed by atoms with E-state index < -0.39 is 0 Å². The molecule has 2 unspecified atom stereocenters. The highest BCUT2D eigenvalue weighted by Crippen LogP contribution is 2.39. The molecule has 0 saturated carbocycles. The summed E-state index contributed by atoms with van der Waals surface area (Å²) in [5.74, 6) is 1.99. The maximum Gasteiger partial charge on any atom is -0.0289 e. The molecule has 0 spiro atoms. The van der Waals surface area contributed by atoms with Gasteiger partial charge >= 0.3 is 0 Å². The van der Waals surface area contributed by atoms with Crippen LogP contribution in [0.15, 0.2) is 23.3 Å². The van der Waals surface area contributed by atoms with Gasteiger partial charge in [-0.25, -0.2) is 0 Å². The third kappa shape index (κ3) is 2.78. The molecular formula is C16H26. The van der Waals surface area contributed by atoms with Gasteiger partial charge in [-0.15, -0.1) is 0 Å². The summed E-state index contributed by atoms with van der Waals surface area (Å²) in [5, 5.41) is 0. The van der Waals surface area contributed by atoms with Gasteiger partial charge in [-0.05, 0) is 63.2 Å². The zero-order valence-corrected chi connectivity index (χ0v) is 11.0. The minimum Gasteiger partial charge on any atom is -0.0853 e. The van der Waals surface area contributed by atoms with Gasteiger partial charge in [0.2, 0.25) is 0 Å². The van der Waals surface area contributed by atoms with E-state index in [4.69, 9.17) is 0 Å². The molecule has 0 aliphatic heterocycles. The standard InChI is InChI=1S/C16H26/c1-3-13-7-5-9-15(11-13)16-10-6-8-14(4-2)12-16/h7-8,15-16H,3-6,9-12H2,1-2H3. The lowest BCUT2D eigenvalue weighted by Crippen LogP contribution is -2.20. The summed E-state index contributed by atoms with van der Waals surface area (Å²) in [4.78, 5) is 0. The highest BCUT2D eigenvalue weighted by molar-refractivity contribution is 5.11. The highest BCUT2D eigenvalue weighted by Gasteiger charge is 2.25. The molecule has 0 bridgehead atoms. The van der Waals surface area contributed by atoms with Gasteiger partial charge in [-0.3, -0.25) is 0 Å². The molecule has 0 N–H and O–H groups in total. The minimum atomic E-state index is 0.996. The smallest absolute Gasteiger partial charge is 0.0289 e. The van der Waals surface area contributed by atoms with E-state index in [0.29, 0.717) is 0 Å². The molecule has 2 atom stereocenters. The van der Waals surface area contributed by atoms with E-state index in [1.54, 1.807) is 11.1 Å². The van der Waals surface area contributed by atoms with E-state index in [1.165, 1.54) is 51.4 Å². The quantitative estimate of drug-likeness (QED) is 0.567. The van der Waals surface area contributed by atoms with E-state index in [0.717, 1.165) is 11.8 Å². The molecule has 0 aromatic rings. The number of hydrogen-bond acceptors (Lipinski definition) is 0. The zero-order chi connectivity index (χ0) is 11.4. The molecule has 0 fully saturated rings. The second-order valence-electron chi connectivity index (χ2n) is 5.51. The Morgan fingerprint density at radius 2 is 1.31 bits per heavy atom. The Morgan fingerprint density at radius 3 is 1.69 bits per heavy atom. The van der Waals surface area contributed by atoms with Crippen molar-refractivity contribution in [3.05, 3.63) is 23.3 Å². The van der Waals surface area contributed by atoms with E-state index in [9.17, 15) is 0 Å². The molecule has 0 radical (unpaired) electrons. The minimum absolute atomic E-state index is 0.996. The predicted octanol–water partition coefficient (Wildman–Crippen LogP) is 5.26. The van der Waals surface area contributed by atoms with Crippen molar-refractivity contribution < 1.29 is 0 Å². The summed E-state index contributed by atoms with van der Waals surface area (Å²) < 4.78 is 0. The van der Waals surface area contributed by atoms with Crippen molar-refractivity contribution in [3.8, 4) is 0 Å². The van der Waals surface area contributed by atoms with E-state index in [-0.39, 0.29) is 0 Å². The van der Waals surface area contributed by atoms with Gasteiger partial charge in [0.05, 0.1) is 0 Å². The Kier molecular flexibility index (Phi) is 4.26. The Hall–Kier alpha value is -0.520. The van der Waals surface area contributed by atoms with Crippen LogP contribution >= 0.6 is 0 Å². The van der Waals surface area contributed by atoms with Crippen molar-refractivity contribution in [1.29, 1.82) is 0 Å². The van der Waals surface area contributed by atoms with Crippen LogP contribution in [-0.2, 0) is 0 Å². The van der Waals surface area contributed by atoms with Crippen LogP contribution in [-0.4, -0.2) is 0 Å². The molecule has 0 saturated heterocycles. The lowest BCUT2D eigenvalue weighted by atomic mass is 9.73. The van der Waals surface area contributed by atoms with Crippen LogP contribution in [0.25, 0.3) is 0 Å². The SMILES string of the molecule is CCC1=CCCC(C2CCC=C(CC)C2)C1. The summed E-state index contributed by atoms with van der Waals surface area (Å²) in [6.45, 7) is 4.62. The molecule has 2 rings (SSSR count). The molecule has 0 aromatic carbocycles. The van der Waals surface area contributed by atoms with Crippen LogP contribution < -0.4 is 0 Å². The van der Waals surface area contributed by atoms with Crippen LogP contribution in [0, 0.1) is 11.8 Å². The second-order valence-corrected chi connectivity index (χ2v) is 5.51. The summed E-state index contributed by atoms with van der Waals surface area (Å²) >= 11 is 0. The molecule has 16 heavy (non-hydrogen) atoms. The van der Waals surface area contributed by atoms with Crippen LogP contribution in [0.2, 0.25) is 0 Å². The van der Waals surface area contributed by atoms with Crippen LogP contribution in [0.1, 0.15) is 65.2 Å². The Bertz CT molecular complexity index is 252. The lowest BCUT2D eigenvalue weighted by Gasteiger charge is -2.33. The molecule has 2 aliphatic rings. The average Bonchev–Trinajstić information content (AvgIpc) is 2.39. The Morgan fingerprint density at radius 1 is 0.875 bits per heavy atom. The van der Waals surface area contributed by atoms with Crippen molar-refractivity contribution in [3.63, 3.8) is 0 Å². The van der Waals surface area contributed by atoms with E-state index in [1.807, 2.05) is 0 Å². The fourth-order valence-corrected chi connectivity index (χ4v) is 3.43. The van der Waals surface area contributed by atoms with Crippen LogP contribution in [0.4, 0.5) is 0 Å². The van der Waals surface area contributed by atoms with Gasteiger partial charge in [0.15, 0.2) is 0 Å². The van der Waals surface area contributed by atoms with Crippen LogP contribution in [0.3, 0.4) is 0 Å². The van der Waals surface area contributed by atoms with Crippen molar-refractivity contribution in [1.82, 2.24) is 0 Å². The molecule has 0 heterocycles. The predicted molar refractivity (Wildman–Crippen MR) is 71.4 cm³/mol. The van der Waals surface area contributed by atoms with Gasteiger partial charge in [0.1, 0.15) is 0 Å². The first-order valence-corrected chi connectivity index (χ1v) is 7.19. The molecule has 0 amide bonds. The fourth-order valence-electron chi connectivity index (χ4n) is 3.43. The summed E-state index contributed by atoms with van der Waals surface area (Å²) in [7, 11) is 0. The molecule has 0 aromatic heterocycles. The van der Waals surface area contributed by atoms with Crippen molar-refractivity contribution in [2.75, 3.05) is 0 Å². The van der Waals surface area contributed by atoms with Gasteiger partial charge in [0.25, 0.3) is 0 Å². The molecular weight excluding hydrogens is 192 g/mol. The maximum absolute atomic E-state index is 2.50. The van der Waals surface area contributed by atoms with Gasteiger partial charge in [-0.2, -0.15) is 0 Å². The van der Waals surface area contributed by atoms with Crippen molar-refractivity contribution in [2.24, 2.45) is 11.8 Å². The summed E-state index contributed by atoms with van der Waals surface area (Å²) in [5.41, 5.74) is 3.45. The largest absolute Gasteiger partial charge is 0.0853 e. The monoisotopic (exact) mass is 218 g/mol. The van der Waals surface area contributed by atoms with Crippen molar-refractivity contribution >= 4 is 0 Å². The van der Waals surface area contributed by atoms with E-state index >= 15 is 0 Å². The average molecular weight is 218 g/mol. The topological polar surface area (TPSA) is 0 Å². The third-order valence-electron chi connectivity index (χ3n) is 4.56. The molecule has 0 heteroatoms. The van der Waals surface area contributed by atoms with Crippen molar-refractivity contribution in [2.45, 2.75) is 65.2 Å². The first-order valence-electron chi connectivity index (χ1n) is 7.19.